The average molecular weight is 289 g/mol. The standard InChI is InChI=1S/C13H17ClO3S/c1-9-7-11(5-6-12(9)14)18(16,17)13(3,4)8-10(2)15/h5-7H,8H2,1-4H3. The zero-order chi connectivity index (χ0) is 14.1. The second kappa shape index (κ2) is 5.02. The molecule has 1 rings (SSSR count). The summed E-state index contributed by atoms with van der Waals surface area (Å²) in [5.74, 6) is -0.144. The van der Waals surface area contributed by atoms with Gasteiger partial charge in [-0.25, -0.2) is 8.42 Å². The molecule has 0 amide bonds. The van der Waals surface area contributed by atoms with E-state index in [-0.39, 0.29) is 17.1 Å². The van der Waals surface area contributed by atoms with Gasteiger partial charge in [0.25, 0.3) is 0 Å². The molecular formula is C13H17ClO3S. The van der Waals surface area contributed by atoms with Crippen molar-refractivity contribution in [2.24, 2.45) is 0 Å². The summed E-state index contributed by atoms with van der Waals surface area (Å²) in [4.78, 5) is 11.4. The number of hydrogen-bond donors (Lipinski definition) is 0. The molecule has 0 unspecified atom stereocenters. The molecule has 0 aliphatic carbocycles. The molecule has 3 nitrogen and oxygen atoms in total. The zero-order valence-electron chi connectivity index (χ0n) is 11.0. The van der Waals surface area contributed by atoms with Gasteiger partial charge >= 0.3 is 0 Å². The molecule has 0 radical (unpaired) electrons. The topological polar surface area (TPSA) is 51.2 Å². The van der Waals surface area contributed by atoms with Crippen molar-refractivity contribution < 1.29 is 13.2 Å². The van der Waals surface area contributed by atoms with Gasteiger partial charge in [-0.05, 0) is 51.5 Å². The Morgan fingerprint density at radius 2 is 1.89 bits per heavy atom. The Morgan fingerprint density at radius 3 is 2.33 bits per heavy atom. The van der Waals surface area contributed by atoms with E-state index in [9.17, 15) is 13.2 Å². The average Bonchev–Trinajstić information content (AvgIpc) is 2.19. The zero-order valence-corrected chi connectivity index (χ0v) is 12.5. The summed E-state index contributed by atoms with van der Waals surface area (Å²) >= 11 is 5.88. The smallest absolute Gasteiger partial charge is 0.183 e. The normalized spacial score (nSPS) is 12.5. The first-order valence-electron chi connectivity index (χ1n) is 5.58. The van der Waals surface area contributed by atoms with Crippen LogP contribution in [0.15, 0.2) is 23.1 Å². The lowest BCUT2D eigenvalue weighted by molar-refractivity contribution is -0.117. The van der Waals surface area contributed by atoms with Gasteiger partial charge in [-0.3, -0.25) is 4.79 Å². The van der Waals surface area contributed by atoms with Crippen LogP contribution in [-0.4, -0.2) is 18.9 Å². The summed E-state index contributed by atoms with van der Waals surface area (Å²) < 4.78 is 23.8. The Morgan fingerprint density at radius 1 is 1.33 bits per heavy atom. The number of Topliss-reactive ketones (excluding diaryl/α,β-unsaturated/α-hetero) is 1. The third kappa shape index (κ3) is 2.93. The molecule has 18 heavy (non-hydrogen) atoms. The number of carbonyl (C=O) groups excluding carboxylic acids is 1. The Kier molecular flexibility index (Phi) is 4.23. The number of halogens is 1. The predicted octanol–water partition coefficient (Wildman–Crippen LogP) is 3.18. The number of sulfone groups is 1. The van der Waals surface area contributed by atoms with Gasteiger partial charge in [0, 0.05) is 11.4 Å². The minimum atomic E-state index is -3.55. The van der Waals surface area contributed by atoms with E-state index in [1.54, 1.807) is 32.9 Å². The van der Waals surface area contributed by atoms with E-state index in [4.69, 9.17) is 11.6 Å². The fraction of sp³-hybridized carbons (Fsp3) is 0.462. The quantitative estimate of drug-likeness (QED) is 0.855. The first-order chi connectivity index (χ1) is 8.08. The molecule has 0 aliphatic heterocycles. The first-order valence-corrected chi connectivity index (χ1v) is 7.44. The Bertz CT molecular complexity index is 574. The van der Waals surface area contributed by atoms with Crippen LogP contribution in [0.5, 0.6) is 0 Å². The van der Waals surface area contributed by atoms with E-state index in [0.29, 0.717) is 10.6 Å². The summed E-state index contributed by atoms with van der Waals surface area (Å²) in [6, 6.07) is 4.58. The minimum Gasteiger partial charge on any atom is -0.300 e. The number of benzene rings is 1. The SMILES string of the molecule is CC(=O)CC(C)(C)S(=O)(=O)c1ccc(Cl)c(C)c1. The molecule has 0 atom stereocenters. The summed E-state index contributed by atoms with van der Waals surface area (Å²) in [6.45, 7) is 6.27. The molecule has 0 fully saturated rings. The maximum atomic E-state index is 12.5. The molecule has 0 N–H and O–H groups in total. The highest BCUT2D eigenvalue weighted by molar-refractivity contribution is 7.92. The Balaban J connectivity index is 3.29. The van der Waals surface area contributed by atoms with Gasteiger partial charge in [-0.15, -0.1) is 0 Å². The molecule has 0 bridgehead atoms. The number of hydrogen-bond acceptors (Lipinski definition) is 3. The molecule has 5 heteroatoms. The lowest BCUT2D eigenvalue weighted by atomic mass is 10.1. The number of ketones is 1. The van der Waals surface area contributed by atoms with Crippen LogP contribution in [0.4, 0.5) is 0 Å². The highest BCUT2D eigenvalue weighted by Crippen LogP contribution is 2.30. The van der Waals surface area contributed by atoms with Gasteiger partial charge in [-0.1, -0.05) is 11.6 Å². The van der Waals surface area contributed by atoms with Crippen LogP contribution in [0.1, 0.15) is 32.8 Å². The third-order valence-corrected chi connectivity index (χ3v) is 5.74. The predicted molar refractivity (Wildman–Crippen MR) is 72.8 cm³/mol. The summed E-state index contributed by atoms with van der Waals surface area (Å²) in [5, 5.41) is 0.526. The van der Waals surface area contributed by atoms with Crippen molar-refractivity contribution in [1.29, 1.82) is 0 Å². The van der Waals surface area contributed by atoms with Crippen LogP contribution < -0.4 is 0 Å². The number of rotatable bonds is 4. The highest BCUT2D eigenvalue weighted by Gasteiger charge is 2.36. The number of carbonyl (C=O) groups is 1. The van der Waals surface area contributed by atoms with Crippen LogP contribution in [-0.2, 0) is 14.6 Å². The Labute approximate surface area is 113 Å². The summed E-state index contributed by atoms with van der Waals surface area (Å²) in [6.07, 6.45) is -0.00297. The van der Waals surface area contributed by atoms with Crippen LogP contribution >= 0.6 is 11.6 Å². The maximum Gasteiger partial charge on any atom is 0.183 e. The van der Waals surface area contributed by atoms with Gasteiger partial charge in [-0.2, -0.15) is 0 Å². The van der Waals surface area contributed by atoms with Gasteiger partial charge in [0.1, 0.15) is 5.78 Å². The third-order valence-electron chi connectivity index (χ3n) is 2.84. The van der Waals surface area contributed by atoms with E-state index >= 15 is 0 Å². The van der Waals surface area contributed by atoms with Crippen LogP contribution in [0, 0.1) is 6.92 Å². The van der Waals surface area contributed by atoms with Gasteiger partial charge < -0.3 is 0 Å². The van der Waals surface area contributed by atoms with E-state index in [0.717, 1.165) is 0 Å². The largest absolute Gasteiger partial charge is 0.300 e. The van der Waals surface area contributed by atoms with Gasteiger partial charge in [0.15, 0.2) is 9.84 Å². The van der Waals surface area contributed by atoms with Gasteiger partial charge in [0.05, 0.1) is 9.64 Å². The molecule has 100 valence electrons. The van der Waals surface area contributed by atoms with E-state index in [1.165, 1.54) is 13.0 Å². The summed E-state index contributed by atoms with van der Waals surface area (Å²) in [5.41, 5.74) is 0.705. The van der Waals surface area contributed by atoms with E-state index < -0.39 is 14.6 Å². The van der Waals surface area contributed by atoms with Crippen molar-refractivity contribution in [3.8, 4) is 0 Å². The lowest BCUT2D eigenvalue weighted by Gasteiger charge is -2.23. The molecular weight excluding hydrogens is 272 g/mol. The van der Waals surface area contributed by atoms with Crippen molar-refractivity contribution in [2.75, 3.05) is 0 Å². The van der Waals surface area contributed by atoms with E-state index in [2.05, 4.69) is 0 Å². The second-order valence-electron chi connectivity index (χ2n) is 5.05. The number of aryl methyl sites for hydroxylation is 1. The van der Waals surface area contributed by atoms with Gasteiger partial charge in [0.2, 0.25) is 0 Å². The Hall–Kier alpha value is -0.870. The molecule has 0 aliphatic rings. The molecule has 0 spiro atoms. The van der Waals surface area contributed by atoms with Crippen molar-refractivity contribution in [3.05, 3.63) is 28.8 Å². The fourth-order valence-electron chi connectivity index (χ4n) is 1.80. The minimum absolute atomic E-state index is 0.00297. The molecule has 0 aromatic heterocycles. The molecule has 1 aromatic rings. The fourth-order valence-corrected chi connectivity index (χ4v) is 3.53. The molecule has 0 saturated carbocycles. The van der Waals surface area contributed by atoms with Crippen molar-refractivity contribution in [1.82, 2.24) is 0 Å². The monoisotopic (exact) mass is 288 g/mol. The second-order valence-corrected chi connectivity index (χ2v) is 8.04. The molecule has 1 aromatic carbocycles. The van der Waals surface area contributed by atoms with Crippen molar-refractivity contribution in [3.63, 3.8) is 0 Å². The van der Waals surface area contributed by atoms with E-state index in [1.807, 2.05) is 0 Å². The molecule has 0 saturated heterocycles. The lowest BCUT2D eigenvalue weighted by Crippen LogP contribution is -2.34. The van der Waals surface area contributed by atoms with Crippen molar-refractivity contribution in [2.45, 2.75) is 43.8 Å². The van der Waals surface area contributed by atoms with Crippen LogP contribution in [0.2, 0.25) is 5.02 Å². The van der Waals surface area contributed by atoms with Crippen molar-refractivity contribution >= 4 is 27.2 Å². The highest BCUT2D eigenvalue weighted by atomic mass is 35.5. The molecule has 0 heterocycles. The maximum absolute atomic E-state index is 12.5. The van der Waals surface area contributed by atoms with Crippen LogP contribution in [0.25, 0.3) is 0 Å². The summed E-state index contributed by atoms with van der Waals surface area (Å²) in [7, 11) is -3.55. The first kappa shape index (κ1) is 15.2. The van der Waals surface area contributed by atoms with Crippen LogP contribution in [0.3, 0.4) is 0 Å².